The molecule has 3 rings (SSSR count). The van der Waals surface area contributed by atoms with E-state index in [1.54, 1.807) is 30.6 Å². The van der Waals surface area contributed by atoms with Crippen LogP contribution >= 0.6 is 0 Å². The van der Waals surface area contributed by atoms with Gasteiger partial charge >= 0.3 is 0 Å². The van der Waals surface area contributed by atoms with Crippen LogP contribution < -0.4 is 5.32 Å². The molecule has 1 saturated carbocycles. The highest BCUT2D eigenvalue weighted by atomic mass is 16.6. The van der Waals surface area contributed by atoms with Crippen molar-refractivity contribution in [3.63, 3.8) is 0 Å². The van der Waals surface area contributed by atoms with Crippen LogP contribution in [-0.4, -0.2) is 16.5 Å². The van der Waals surface area contributed by atoms with E-state index in [1.165, 1.54) is 19.3 Å². The summed E-state index contributed by atoms with van der Waals surface area (Å²) in [7, 11) is 0. The predicted molar refractivity (Wildman–Crippen MR) is 74.2 cm³/mol. The summed E-state index contributed by atoms with van der Waals surface area (Å²) in [6, 6.07) is 5.02. The zero-order chi connectivity index (χ0) is 13.2. The zero-order valence-electron chi connectivity index (χ0n) is 10.5. The number of nitrogens with zero attached hydrogens (tertiary/aromatic N) is 2. The standard InChI is InChI=1S/C14H15N3O2/c18-17(19)14-4-3-13(16-8-5-10-1-2-10)12-9-15-7-6-11(12)14/h3-4,6-7,9-10,16H,1-2,5,8H2. The molecule has 5 nitrogen and oxygen atoms in total. The Morgan fingerprint density at radius 3 is 2.89 bits per heavy atom. The summed E-state index contributed by atoms with van der Waals surface area (Å²) >= 11 is 0. The second kappa shape index (κ2) is 4.84. The van der Waals surface area contributed by atoms with Crippen LogP contribution in [0.2, 0.25) is 0 Å². The van der Waals surface area contributed by atoms with Gasteiger partial charge in [-0.25, -0.2) is 0 Å². The van der Waals surface area contributed by atoms with Crippen molar-refractivity contribution in [2.24, 2.45) is 5.92 Å². The molecule has 1 fully saturated rings. The molecule has 0 unspecified atom stereocenters. The lowest BCUT2D eigenvalue weighted by atomic mass is 10.1. The Morgan fingerprint density at radius 1 is 1.32 bits per heavy atom. The van der Waals surface area contributed by atoms with Crippen molar-refractivity contribution in [2.45, 2.75) is 19.3 Å². The average Bonchev–Trinajstić information content (AvgIpc) is 3.22. The van der Waals surface area contributed by atoms with Gasteiger partial charge in [0.15, 0.2) is 0 Å². The Hall–Kier alpha value is -2.17. The van der Waals surface area contributed by atoms with E-state index in [-0.39, 0.29) is 10.6 Å². The molecule has 1 heterocycles. The molecule has 19 heavy (non-hydrogen) atoms. The number of hydrogen-bond donors (Lipinski definition) is 1. The van der Waals surface area contributed by atoms with Gasteiger partial charge in [0.25, 0.3) is 5.69 Å². The van der Waals surface area contributed by atoms with Gasteiger partial charge in [-0.05, 0) is 24.5 Å². The number of nitro benzene ring substituents is 1. The number of nitrogens with one attached hydrogen (secondary N) is 1. The minimum atomic E-state index is -0.351. The van der Waals surface area contributed by atoms with Crippen LogP contribution in [0.5, 0.6) is 0 Å². The number of benzene rings is 1. The smallest absolute Gasteiger partial charge is 0.277 e. The van der Waals surface area contributed by atoms with Crippen LogP contribution in [0.1, 0.15) is 19.3 Å². The lowest BCUT2D eigenvalue weighted by molar-refractivity contribution is -0.383. The molecular formula is C14H15N3O2. The monoisotopic (exact) mass is 257 g/mol. The van der Waals surface area contributed by atoms with Crippen LogP contribution in [0.25, 0.3) is 10.8 Å². The number of anilines is 1. The fourth-order valence-electron chi connectivity index (χ4n) is 2.31. The van der Waals surface area contributed by atoms with Crippen LogP contribution in [0.15, 0.2) is 30.6 Å². The van der Waals surface area contributed by atoms with E-state index in [0.29, 0.717) is 5.39 Å². The average molecular weight is 257 g/mol. The molecule has 0 aliphatic heterocycles. The summed E-state index contributed by atoms with van der Waals surface area (Å²) < 4.78 is 0. The van der Waals surface area contributed by atoms with Crippen molar-refractivity contribution in [3.8, 4) is 0 Å². The molecule has 1 aliphatic carbocycles. The summed E-state index contributed by atoms with van der Waals surface area (Å²) in [6.07, 6.45) is 7.11. The SMILES string of the molecule is O=[N+]([O-])c1ccc(NCCC2CC2)c2cnccc12. The van der Waals surface area contributed by atoms with Crippen LogP contribution in [0, 0.1) is 16.0 Å². The first-order valence-electron chi connectivity index (χ1n) is 6.50. The number of non-ortho nitro benzene ring substituents is 1. The molecule has 0 bridgehead atoms. The highest BCUT2D eigenvalue weighted by molar-refractivity contribution is 5.99. The summed E-state index contributed by atoms with van der Waals surface area (Å²) in [5.74, 6) is 0.870. The molecular weight excluding hydrogens is 242 g/mol. The molecule has 1 aliphatic rings. The van der Waals surface area contributed by atoms with E-state index >= 15 is 0 Å². The minimum absolute atomic E-state index is 0.130. The van der Waals surface area contributed by atoms with Gasteiger partial charge in [-0.2, -0.15) is 0 Å². The van der Waals surface area contributed by atoms with E-state index in [1.807, 2.05) is 0 Å². The van der Waals surface area contributed by atoms with Crippen molar-refractivity contribution in [1.29, 1.82) is 0 Å². The largest absolute Gasteiger partial charge is 0.384 e. The summed E-state index contributed by atoms with van der Waals surface area (Å²) in [5, 5.41) is 15.8. The maximum absolute atomic E-state index is 11.0. The Kier molecular flexibility index (Phi) is 3.03. The number of hydrogen-bond acceptors (Lipinski definition) is 4. The molecule has 1 aromatic carbocycles. The second-order valence-corrected chi connectivity index (χ2v) is 4.97. The molecule has 2 aromatic rings. The molecule has 0 radical (unpaired) electrons. The number of fused-ring (bicyclic) bond motifs is 1. The number of aromatic nitrogens is 1. The van der Waals surface area contributed by atoms with E-state index in [0.717, 1.165) is 23.5 Å². The lowest BCUT2D eigenvalue weighted by Gasteiger charge is -2.09. The van der Waals surface area contributed by atoms with Crippen molar-refractivity contribution in [1.82, 2.24) is 4.98 Å². The van der Waals surface area contributed by atoms with Gasteiger partial charge < -0.3 is 5.32 Å². The van der Waals surface area contributed by atoms with Crippen molar-refractivity contribution in [3.05, 3.63) is 40.7 Å². The van der Waals surface area contributed by atoms with Gasteiger partial charge in [-0.15, -0.1) is 0 Å². The summed E-state index contributed by atoms with van der Waals surface area (Å²) in [5.41, 5.74) is 1.06. The second-order valence-electron chi connectivity index (χ2n) is 4.97. The first-order chi connectivity index (χ1) is 9.25. The first-order valence-corrected chi connectivity index (χ1v) is 6.50. The van der Waals surface area contributed by atoms with Crippen LogP contribution in [0.3, 0.4) is 0 Å². The quantitative estimate of drug-likeness (QED) is 0.658. The number of pyridine rings is 1. The summed E-state index contributed by atoms with van der Waals surface area (Å²) in [4.78, 5) is 14.7. The summed E-state index contributed by atoms with van der Waals surface area (Å²) in [6.45, 7) is 0.909. The van der Waals surface area contributed by atoms with Crippen LogP contribution in [0.4, 0.5) is 11.4 Å². The fraction of sp³-hybridized carbons (Fsp3) is 0.357. The van der Waals surface area contributed by atoms with E-state index in [9.17, 15) is 10.1 Å². The van der Waals surface area contributed by atoms with Gasteiger partial charge in [0.05, 0.1) is 10.3 Å². The topological polar surface area (TPSA) is 68.1 Å². The molecule has 1 aromatic heterocycles. The highest BCUT2D eigenvalue weighted by Gasteiger charge is 2.20. The maximum Gasteiger partial charge on any atom is 0.277 e. The Labute approximate surface area is 110 Å². The molecule has 0 atom stereocenters. The zero-order valence-corrected chi connectivity index (χ0v) is 10.5. The van der Waals surface area contributed by atoms with Gasteiger partial charge in [0, 0.05) is 36.1 Å². The third-order valence-corrected chi connectivity index (χ3v) is 3.56. The third kappa shape index (κ3) is 2.50. The van der Waals surface area contributed by atoms with Gasteiger partial charge in [0.1, 0.15) is 0 Å². The normalized spacial score (nSPS) is 14.5. The lowest BCUT2D eigenvalue weighted by Crippen LogP contribution is -2.03. The molecule has 1 N–H and O–H groups in total. The van der Waals surface area contributed by atoms with Gasteiger partial charge in [-0.1, -0.05) is 12.8 Å². The molecule has 0 amide bonds. The maximum atomic E-state index is 11.0. The predicted octanol–water partition coefficient (Wildman–Crippen LogP) is 3.36. The molecule has 0 spiro atoms. The Morgan fingerprint density at radius 2 is 2.16 bits per heavy atom. The van der Waals surface area contributed by atoms with Crippen molar-refractivity contribution in [2.75, 3.05) is 11.9 Å². The van der Waals surface area contributed by atoms with E-state index < -0.39 is 0 Å². The Balaban J connectivity index is 1.91. The van der Waals surface area contributed by atoms with Crippen molar-refractivity contribution < 1.29 is 4.92 Å². The van der Waals surface area contributed by atoms with E-state index in [2.05, 4.69) is 10.3 Å². The minimum Gasteiger partial charge on any atom is -0.384 e. The fourth-order valence-corrected chi connectivity index (χ4v) is 2.31. The number of rotatable bonds is 5. The molecule has 98 valence electrons. The Bertz CT molecular complexity index is 623. The van der Waals surface area contributed by atoms with Gasteiger partial charge in [0.2, 0.25) is 0 Å². The van der Waals surface area contributed by atoms with Crippen molar-refractivity contribution >= 4 is 22.1 Å². The van der Waals surface area contributed by atoms with E-state index in [4.69, 9.17) is 0 Å². The van der Waals surface area contributed by atoms with Crippen LogP contribution in [-0.2, 0) is 0 Å². The third-order valence-electron chi connectivity index (χ3n) is 3.56. The highest BCUT2D eigenvalue weighted by Crippen LogP contribution is 2.33. The molecule has 0 saturated heterocycles. The van der Waals surface area contributed by atoms with Gasteiger partial charge in [-0.3, -0.25) is 15.1 Å². The molecule has 5 heteroatoms. The first kappa shape index (κ1) is 11.9. The number of nitro groups is 1.